The molecular weight excluding hydrogens is 418 g/mol. The van der Waals surface area contributed by atoms with Gasteiger partial charge in [-0.1, -0.05) is 34.6 Å². The van der Waals surface area contributed by atoms with Crippen LogP contribution in [0.5, 0.6) is 0 Å². The molecule has 2 N–H and O–H groups in total. The van der Waals surface area contributed by atoms with Gasteiger partial charge in [-0.3, -0.25) is 24.7 Å². The summed E-state index contributed by atoms with van der Waals surface area (Å²) in [4.78, 5) is 47.2. The molecule has 0 spiro atoms. The van der Waals surface area contributed by atoms with Gasteiger partial charge in [0.05, 0.1) is 6.61 Å². The molecule has 0 saturated heterocycles. The molecule has 0 fully saturated rings. The van der Waals surface area contributed by atoms with E-state index < -0.39 is 19.8 Å². The Hall–Kier alpha value is -2.53. The Kier molecular flexibility index (Phi) is 7.43. The van der Waals surface area contributed by atoms with Gasteiger partial charge in [0, 0.05) is 19.4 Å². The number of fused-ring (bicyclic) bond motifs is 1. The highest BCUT2D eigenvalue weighted by Crippen LogP contribution is 2.36. The lowest BCUT2D eigenvalue weighted by Gasteiger charge is -2.36. The number of aromatic amines is 1. The number of aromatic nitrogens is 4. The molecule has 2 rings (SSSR count). The standard InChI is InChI=1S/C20H33N5O5Si/c1-12(2)17(27)23-19-22-16-15(18(28)24-19)21-14(11-29-13(3)26)25(16)9-10-30-31(7,8)20(4,5)6/h12H,9-11H2,1-8H3,(H2,22,23,24,27,28). The number of H-pyrrole nitrogens is 1. The number of hydrogen-bond acceptors (Lipinski definition) is 7. The van der Waals surface area contributed by atoms with E-state index in [0.717, 1.165) is 0 Å². The second-order valence-electron chi connectivity index (χ2n) is 9.30. The monoisotopic (exact) mass is 451 g/mol. The minimum absolute atomic E-state index is 0.0432. The maximum Gasteiger partial charge on any atom is 0.303 e. The minimum Gasteiger partial charge on any atom is -0.458 e. The number of hydrogen-bond donors (Lipinski definition) is 2. The topological polar surface area (TPSA) is 128 Å². The quantitative estimate of drug-likeness (QED) is 0.466. The summed E-state index contributed by atoms with van der Waals surface area (Å²) in [5.74, 6) is -0.572. The molecule has 2 aromatic rings. The van der Waals surface area contributed by atoms with Gasteiger partial charge in [-0.05, 0) is 18.1 Å². The summed E-state index contributed by atoms with van der Waals surface area (Å²) in [5, 5.41) is 2.65. The Labute approximate surface area is 182 Å². The SMILES string of the molecule is CC(=O)OCc1nc2c(=O)[nH]c(NC(=O)C(C)C)nc2n1CCO[Si](C)(C)C(C)(C)C. The molecule has 10 nitrogen and oxygen atoms in total. The van der Waals surface area contributed by atoms with Crippen LogP contribution in [0.4, 0.5) is 5.95 Å². The summed E-state index contributed by atoms with van der Waals surface area (Å²) in [6.07, 6.45) is 0. The van der Waals surface area contributed by atoms with Crippen molar-refractivity contribution in [3.63, 3.8) is 0 Å². The molecule has 0 unspecified atom stereocenters. The highest BCUT2D eigenvalue weighted by atomic mass is 28.4. The van der Waals surface area contributed by atoms with E-state index in [4.69, 9.17) is 9.16 Å². The summed E-state index contributed by atoms with van der Waals surface area (Å²) in [6.45, 7) is 16.2. The van der Waals surface area contributed by atoms with Crippen LogP contribution in [-0.2, 0) is 31.9 Å². The highest BCUT2D eigenvalue weighted by Gasteiger charge is 2.37. The van der Waals surface area contributed by atoms with E-state index in [1.807, 2.05) is 0 Å². The molecule has 0 atom stereocenters. The molecule has 0 aliphatic carbocycles. The smallest absolute Gasteiger partial charge is 0.303 e. The van der Waals surface area contributed by atoms with E-state index in [2.05, 4.69) is 54.1 Å². The molecule has 0 saturated carbocycles. The van der Waals surface area contributed by atoms with Crippen LogP contribution in [0.25, 0.3) is 11.2 Å². The lowest BCUT2D eigenvalue weighted by atomic mass is 10.2. The van der Waals surface area contributed by atoms with Gasteiger partial charge in [-0.2, -0.15) is 4.98 Å². The number of anilines is 1. The maximum absolute atomic E-state index is 12.6. The number of carbonyl (C=O) groups is 2. The first-order chi connectivity index (χ1) is 14.2. The van der Waals surface area contributed by atoms with Gasteiger partial charge in [0.15, 0.2) is 19.5 Å². The van der Waals surface area contributed by atoms with E-state index in [1.54, 1.807) is 18.4 Å². The number of nitrogens with one attached hydrogen (secondary N) is 2. The molecule has 1 amide bonds. The third-order valence-electron chi connectivity index (χ3n) is 5.44. The van der Waals surface area contributed by atoms with Crippen LogP contribution in [0.2, 0.25) is 18.1 Å². The van der Waals surface area contributed by atoms with Crippen molar-refractivity contribution in [2.75, 3.05) is 11.9 Å². The summed E-state index contributed by atoms with van der Waals surface area (Å²) in [7, 11) is -1.98. The Bertz CT molecular complexity index is 1020. The van der Waals surface area contributed by atoms with Crippen LogP contribution in [0, 0.1) is 5.92 Å². The summed E-state index contributed by atoms with van der Waals surface area (Å²) in [5.41, 5.74) is -0.0852. The molecule has 0 aliphatic rings. The molecule has 11 heteroatoms. The molecule has 0 bridgehead atoms. The van der Waals surface area contributed by atoms with Crippen molar-refractivity contribution >= 4 is 37.3 Å². The first-order valence-corrected chi connectivity index (χ1v) is 13.2. The summed E-state index contributed by atoms with van der Waals surface area (Å²) < 4.78 is 13.1. The Morgan fingerprint density at radius 2 is 1.87 bits per heavy atom. The van der Waals surface area contributed by atoms with E-state index in [1.165, 1.54) is 6.92 Å². The fraction of sp³-hybridized carbons (Fsp3) is 0.650. The van der Waals surface area contributed by atoms with E-state index in [9.17, 15) is 14.4 Å². The van der Waals surface area contributed by atoms with Crippen LogP contribution in [0.3, 0.4) is 0 Å². The van der Waals surface area contributed by atoms with E-state index in [0.29, 0.717) is 24.6 Å². The number of ether oxygens (including phenoxy) is 1. The number of carbonyl (C=O) groups excluding carboxylic acids is 2. The van der Waals surface area contributed by atoms with Crippen LogP contribution in [0.1, 0.15) is 47.4 Å². The van der Waals surface area contributed by atoms with Gasteiger partial charge < -0.3 is 13.7 Å². The molecular formula is C20H33N5O5Si. The lowest BCUT2D eigenvalue weighted by molar-refractivity contribution is -0.142. The average Bonchev–Trinajstić information content (AvgIpc) is 2.97. The molecule has 0 radical (unpaired) electrons. The van der Waals surface area contributed by atoms with Crippen molar-refractivity contribution in [1.29, 1.82) is 0 Å². The predicted octanol–water partition coefficient (Wildman–Crippen LogP) is 2.80. The Morgan fingerprint density at radius 1 is 1.23 bits per heavy atom. The van der Waals surface area contributed by atoms with Crippen LogP contribution in [-0.4, -0.2) is 46.3 Å². The second kappa shape index (κ2) is 9.31. The van der Waals surface area contributed by atoms with Gasteiger partial charge in [0.25, 0.3) is 5.56 Å². The molecule has 31 heavy (non-hydrogen) atoms. The van der Waals surface area contributed by atoms with Crippen molar-refractivity contribution in [2.45, 2.75) is 72.8 Å². The number of esters is 1. The van der Waals surface area contributed by atoms with Gasteiger partial charge >= 0.3 is 5.97 Å². The number of amides is 1. The molecule has 2 aromatic heterocycles. The predicted molar refractivity (Wildman–Crippen MR) is 120 cm³/mol. The van der Waals surface area contributed by atoms with Gasteiger partial charge in [0.1, 0.15) is 12.4 Å². The number of imidazole rings is 1. The molecule has 0 aromatic carbocycles. The first kappa shape index (κ1) is 24.7. The zero-order valence-electron chi connectivity index (χ0n) is 19.6. The highest BCUT2D eigenvalue weighted by molar-refractivity contribution is 6.74. The van der Waals surface area contributed by atoms with Crippen molar-refractivity contribution in [3.05, 3.63) is 16.2 Å². The normalized spacial score (nSPS) is 12.4. The van der Waals surface area contributed by atoms with Crippen LogP contribution < -0.4 is 10.9 Å². The van der Waals surface area contributed by atoms with Crippen LogP contribution >= 0.6 is 0 Å². The molecule has 2 heterocycles. The van der Waals surface area contributed by atoms with E-state index >= 15 is 0 Å². The zero-order chi connectivity index (χ0) is 23.6. The average molecular weight is 452 g/mol. The second-order valence-corrected chi connectivity index (χ2v) is 14.1. The zero-order valence-corrected chi connectivity index (χ0v) is 20.6. The fourth-order valence-electron chi connectivity index (χ4n) is 2.50. The summed E-state index contributed by atoms with van der Waals surface area (Å²) in [6, 6.07) is 0. The van der Waals surface area contributed by atoms with Crippen molar-refractivity contribution in [3.8, 4) is 0 Å². The number of rotatable bonds is 8. The van der Waals surface area contributed by atoms with Gasteiger partial charge in [-0.25, -0.2) is 4.98 Å². The van der Waals surface area contributed by atoms with Gasteiger partial charge in [0.2, 0.25) is 11.9 Å². The maximum atomic E-state index is 12.6. The van der Waals surface area contributed by atoms with Crippen molar-refractivity contribution < 1.29 is 18.8 Å². The number of nitrogens with zero attached hydrogens (tertiary/aromatic N) is 3. The largest absolute Gasteiger partial charge is 0.458 e. The third kappa shape index (κ3) is 6.00. The van der Waals surface area contributed by atoms with E-state index in [-0.39, 0.29) is 34.9 Å². The Morgan fingerprint density at radius 3 is 2.42 bits per heavy atom. The lowest BCUT2D eigenvalue weighted by Crippen LogP contribution is -2.41. The van der Waals surface area contributed by atoms with Crippen LogP contribution in [0.15, 0.2) is 4.79 Å². The summed E-state index contributed by atoms with van der Waals surface area (Å²) >= 11 is 0. The molecule has 0 aliphatic heterocycles. The fourth-order valence-corrected chi connectivity index (χ4v) is 3.53. The molecule has 172 valence electrons. The van der Waals surface area contributed by atoms with Crippen molar-refractivity contribution in [2.24, 2.45) is 5.92 Å². The first-order valence-electron chi connectivity index (χ1n) is 10.3. The van der Waals surface area contributed by atoms with Gasteiger partial charge in [-0.15, -0.1) is 0 Å². The Balaban J connectivity index is 2.42. The third-order valence-corrected chi connectivity index (χ3v) is 9.98. The van der Waals surface area contributed by atoms with Crippen molar-refractivity contribution in [1.82, 2.24) is 19.5 Å². The minimum atomic E-state index is -1.98.